The van der Waals surface area contributed by atoms with Gasteiger partial charge in [0.2, 0.25) is 0 Å². The second-order valence-electron chi connectivity index (χ2n) is 3.37. The molecule has 0 saturated carbocycles. The molecule has 0 saturated heterocycles. The SMILES string of the molecule is CCOC(=O)C(=O)Nc1cc(C(F)(F)F)ccc1Br. The quantitative estimate of drug-likeness (QED) is 0.665. The number of benzene rings is 1. The van der Waals surface area contributed by atoms with E-state index in [9.17, 15) is 22.8 Å². The summed E-state index contributed by atoms with van der Waals surface area (Å²) in [5.74, 6) is -2.30. The number of esters is 1. The Balaban J connectivity index is 2.95. The van der Waals surface area contributed by atoms with E-state index in [1.807, 2.05) is 5.32 Å². The number of carbonyl (C=O) groups excluding carboxylic acids is 2. The van der Waals surface area contributed by atoms with E-state index in [4.69, 9.17) is 0 Å². The number of halogens is 4. The van der Waals surface area contributed by atoms with Crippen molar-refractivity contribution in [3.63, 3.8) is 0 Å². The molecule has 1 aromatic carbocycles. The van der Waals surface area contributed by atoms with Gasteiger partial charge in [0.05, 0.1) is 17.9 Å². The van der Waals surface area contributed by atoms with Crippen molar-refractivity contribution in [1.82, 2.24) is 0 Å². The van der Waals surface area contributed by atoms with E-state index >= 15 is 0 Å². The number of nitrogens with one attached hydrogen (secondary N) is 1. The van der Waals surface area contributed by atoms with Crippen LogP contribution in [0.4, 0.5) is 18.9 Å². The maximum atomic E-state index is 12.5. The number of hydrogen-bond acceptors (Lipinski definition) is 3. The Morgan fingerprint density at radius 3 is 2.53 bits per heavy atom. The van der Waals surface area contributed by atoms with Crippen LogP contribution in [0.15, 0.2) is 22.7 Å². The number of carbonyl (C=O) groups is 2. The number of hydrogen-bond donors (Lipinski definition) is 1. The van der Waals surface area contributed by atoms with E-state index in [1.165, 1.54) is 6.92 Å². The van der Waals surface area contributed by atoms with Gasteiger partial charge in [-0.3, -0.25) is 4.79 Å². The topological polar surface area (TPSA) is 55.4 Å². The number of alkyl halides is 3. The summed E-state index contributed by atoms with van der Waals surface area (Å²) in [5.41, 5.74) is -1.09. The fraction of sp³-hybridized carbons (Fsp3) is 0.273. The van der Waals surface area contributed by atoms with Gasteiger partial charge in [-0.05, 0) is 41.1 Å². The van der Waals surface area contributed by atoms with Gasteiger partial charge in [-0.15, -0.1) is 0 Å². The normalized spacial score (nSPS) is 11.0. The summed E-state index contributed by atoms with van der Waals surface area (Å²) < 4.78 is 42.1. The van der Waals surface area contributed by atoms with Crippen LogP contribution in [-0.2, 0) is 20.5 Å². The molecule has 1 aromatic rings. The molecule has 0 aliphatic carbocycles. The predicted octanol–water partition coefficient (Wildman–Crippen LogP) is 2.97. The van der Waals surface area contributed by atoms with Crippen LogP contribution in [0.5, 0.6) is 0 Å². The van der Waals surface area contributed by atoms with Crippen molar-refractivity contribution < 1.29 is 27.5 Å². The molecule has 0 bridgehead atoms. The van der Waals surface area contributed by atoms with E-state index in [0.717, 1.165) is 18.2 Å². The van der Waals surface area contributed by atoms with Gasteiger partial charge in [-0.25, -0.2) is 4.79 Å². The second-order valence-corrected chi connectivity index (χ2v) is 4.22. The standard InChI is InChI=1S/C11H9BrF3NO3/c1-2-19-10(18)9(17)16-8-5-6(11(13,14)15)3-4-7(8)12/h3-5H,2H2,1H3,(H,16,17). The highest BCUT2D eigenvalue weighted by Crippen LogP contribution is 2.33. The van der Waals surface area contributed by atoms with Gasteiger partial charge in [0.1, 0.15) is 0 Å². The molecule has 1 rings (SSSR count). The Morgan fingerprint density at radius 1 is 1.37 bits per heavy atom. The summed E-state index contributed by atoms with van der Waals surface area (Å²) in [6.07, 6.45) is -4.54. The second kappa shape index (κ2) is 6.05. The zero-order chi connectivity index (χ0) is 14.6. The molecule has 0 aromatic heterocycles. The van der Waals surface area contributed by atoms with E-state index in [0.29, 0.717) is 0 Å². The summed E-state index contributed by atoms with van der Waals surface area (Å²) in [6, 6.07) is 2.70. The zero-order valence-electron chi connectivity index (χ0n) is 9.68. The number of rotatable bonds is 2. The molecule has 0 aliphatic heterocycles. The minimum Gasteiger partial charge on any atom is -0.459 e. The third kappa shape index (κ3) is 4.23. The van der Waals surface area contributed by atoms with Crippen molar-refractivity contribution in [3.05, 3.63) is 28.2 Å². The first-order chi connectivity index (χ1) is 8.75. The first-order valence-corrected chi connectivity index (χ1v) is 5.90. The lowest BCUT2D eigenvalue weighted by Crippen LogP contribution is -2.25. The van der Waals surface area contributed by atoms with Gasteiger partial charge < -0.3 is 10.1 Å². The summed E-state index contributed by atoms with van der Waals surface area (Å²) >= 11 is 2.98. The molecule has 0 fully saturated rings. The van der Waals surface area contributed by atoms with Gasteiger partial charge >= 0.3 is 18.1 Å². The minimum atomic E-state index is -4.54. The third-order valence-electron chi connectivity index (χ3n) is 2.00. The maximum Gasteiger partial charge on any atom is 0.416 e. The van der Waals surface area contributed by atoms with Crippen molar-refractivity contribution in [2.45, 2.75) is 13.1 Å². The fourth-order valence-corrected chi connectivity index (χ4v) is 1.51. The highest BCUT2D eigenvalue weighted by Gasteiger charge is 2.31. The largest absolute Gasteiger partial charge is 0.459 e. The number of ether oxygens (including phenoxy) is 1. The predicted molar refractivity (Wildman–Crippen MR) is 64.4 cm³/mol. The molecule has 1 N–H and O–H groups in total. The smallest absolute Gasteiger partial charge is 0.416 e. The molecule has 0 unspecified atom stereocenters. The van der Waals surface area contributed by atoms with Gasteiger partial charge in [-0.1, -0.05) is 0 Å². The average molecular weight is 340 g/mol. The summed E-state index contributed by atoms with van der Waals surface area (Å²) in [4.78, 5) is 22.4. The fourth-order valence-electron chi connectivity index (χ4n) is 1.17. The molecule has 0 atom stereocenters. The third-order valence-corrected chi connectivity index (χ3v) is 2.69. The Morgan fingerprint density at radius 2 is 2.00 bits per heavy atom. The molecule has 104 valence electrons. The van der Waals surface area contributed by atoms with Gasteiger partial charge in [0, 0.05) is 4.47 Å². The average Bonchev–Trinajstić information content (AvgIpc) is 2.30. The lowest BCUT2D eigenvalue weighted by Gasteiger charge is -2.11. The molecular formula is C11H9BrF3NO3. The monoisotopic (exact) mass is 339 g/mol. The number of anilines is 1. The van der Waals surface area contributed by atoms with Crippen LogP contribution in [0.25, 0.3) is 0 Å². The molecule has 19 heavy (non-hydrogen) atoms. The van der Waals surface area contributed by atoms with E-state index in [1.54, 1.807) is 0 Å². The molecule has 0 aliphatic rings. The summed E-state index contributed by atoms with van der Waals surface area (Å²) in [6.45, 7) is 1.50. The van der Waals surface area contributed by atoms with Gasteiger partial charge in [0.15, 0.2) is 0 Å². The van der Waals surface area contributed by atoms with Crippen molar-refractivity contribution in [2.75, 3.05) is 11.9 Å². The molecule has 0 heterocycles. The zero-order valence-corrected chi connectivity index (χ0v) is 11.3. The van der Waals surface area contributed by atoms with Crippen LogP contribution in [0, 0.1) is 0 Å². The minimum absolute atomic E-state index is 0.00395. The van der Waals surface area contributed by atoms with Crippen molar-refractivity contribution in [3.8, 4) is 0 Å². The van der Waals surface area contributed by atoms with E-state index in [-0.39, 0.29) is 16.8 Å². The molecule has 0 spiro atoms. The van der Waals surface area contributed by atoms with Crippen LogP contribution >= 0.6 is 15.9 Å². The molecule has 0 radical (unpaired) electrons. The number of amides is 1. The first-order valence-electron chi connectivity index (χ1n) is 5.10. The Kier molecular flexibility index (Phi) is 4.93. The Labute approximate surface area is 115 Å². The van der Waals surface area contributed by atoms with Crippen LogP contribution in [0.1, 0.15) is 12.5 Å². The van der Waals surface area contributed by atoms with Gasteiger partial charge in [0.25, 0.3) is 0 Å². The lowest BCUT2D eigenvalue weighted by atomic mass is 10.2. The maximum absolute atomic E-state index is 12.5. The first kappa shape index (κ1) is 15.5. The highest BCUT2D eigenvalue weighted by atomic mass is 79.9. The van der Waals surface area contributed by atoms with Crippen molar-refractivity contribution >= 4 is 33.5 Å². The Bertz CT molecular complexity index is 502. The highest BCUT2D eigenvalue weighted by molar-refractivity contribution is 9.10. The molecular weight excluding hydrogens is 331 g/mol. The van der Waals surface area contributed by atoms with Crippen LogP contribution in [-0.4, -0.2) is 18.5 Å². The van der Waals surface area contributed by atoms with Crippen molar-refractivity contribution in [1.29, 1.82) is 0 Å². The van der Waals surface area contributed by atoms with Crippen LogP contribution in [0.2, 0.25) is 0 Å². The summed E-state index contributed by atoms with van der Waals surface area (Å²) in [5, 5.41) is 2.05. The summed E-state index contributed by atoms with van der Waals surface area (Å²) in [7, 11) is 0. The van der Waals surface area contributed by atoms with Crippen LogP contribution < -0.4 is 5.32 Å². The van der Waals surface area contributed by atoms with Crippen LogP contribution in [0.3, 0.4) is 0 Å². The van der Waals surface area contributed by atoms with Gasteiger partial charge in [-0.2, -0.15) is 13.2 Å². The van der Waals surface area contributed by atoms with Crippen molar-refractivity contribution in [2.24, 2.45) is 0 Å². The Hall–Kier alpha value is -1.57. The van der Waals surface area contributed by atoms with E-state index < -0.39 is 23.6 Å². The molecule has 8 heteroatoms. The lowest BCUT2D eigenvalue weighted by molar-refractivity contribution is -0.152. The molecule has 1 amide bonds. The molecule has 4 nitrogen and oxygen atoms in total. The van der Waals surface area contributed by atoms with E-state index in [2.05, 4.69) is 20.7 Å².